The Morgan fingerprint density at radius 1 is 0.911 bits per heavy atom. The molecule has 1 N–H and O–H groups in total. The van der Waals surface area contributed by atoms with Crippen LogP contribution in [-0.2, 0) is 17.8 Å². The fourth-order valence-electron chi connectivity index (χ4n) is 7.86. The van der Waals surface area contributed by atoms with E-state index in [1.807, 2.05) is 65.6 Å². The van der Waals surface area contributed by atoms with Crippen LogP contribution in [-0.4, -0.2) is 74.6 Å². The normalized spacial score (nSPS) is 20.2. The Morgan fingerprint density at radius 3 is 2.24 bits per heavy atom. The monoisotopic (exact) mass is 652 g/mol. The molecule has 3 aliphatic rings. The molecule has 3 aromatic rings. The van der Waals surface area contributed by atoms with E-state index in [-0.39, 0.29) is 41.7 Å². The van der Waals surface area contributed by atoms with E-state index < -0.39 is 0 Å². The number of likely N-dealkylation sites (tertiary alicyclic amines) is 2. The van der Waals surface area contributed by atoms with E-state index in [1.54, 1.807) is 6.33 Å². The predicted octanol–water partition coefficient (Wildman–Crippen LogP) is 6.05. The lowest BCUT2D eigenvalue weighted by Gasteiger charge is -2.49. The van der Waals surface area contributed by atoms with Crippen molar-refractivity contribution < 1.29 is 9.59 Å². The molecule has 0 bridgehead atoms. The maximum absolute atomic E-state index is 14.4. The van der Waals surface area contributed by atoms with E-state index in [1.165, 1.54) is 32.1 Å². The van der Waals surface area contributed by atoms with Gasteiger partial charge >= 0.3 is 0 Å². The maximum Gasteiger partial charge on any atom is 0.251 e. The van der Waals surface area contributed by atoms with Crippen molar-refractivity contribution >= 4 is 35.8 Å². The number of rotatable bonds is 9. The highest BCUT2D eigenvalue weighted by molar-refractivity contribution is 6.30. The molecule has 2 aliphatic heterocycles. The number of halogens is 2. The van der Waals surface area contributed by atoms with Gasteiger partial charge in [-0.15, -0.1) is 12.4 Å². The number of carbonyl (C=O) groups excluding carboxylic acids is 2. The minimum Gasteiger partial charge on any atom is -0.349 e. The van der Waals surface area contributed by atoms with Crippen LogP contribution in [0.3, 0.4) is 0 Å². The van der Waals surface area contributed by atoms with Crippen LogP contribution in [0, 0.1) is 11.3 Å². The molecule has 1 aromatic heterocycles. The van der Waals surface area contributed by atoms with E-state index in [4.69, 9.17) is 11.6 Å². The molecular formula is C35H46Cl2N6O2. The molecular weight excluding hydrogens is 607 g/mol. The number of aromatic nitrogens is 3. The number of carbonyl (C=O) groups is 2. The largest absolute Gasteiger partial charge is 0.349 e. The highest BCUT2D eigenvalue weighted by atomic mass is 35.5. The average Bonchev–Trinajstić information content (AvgIpc) is 3.59. The summed E-state index contributed by atoms with van der Waals surface area (Å²) in [5, 5.41) is 8.39. The van der Waals surface area contributed by atoms with Crippen molar-refractivity contribution in [1.82, 2.24) is 29.9 Å². The SMILES string of the molecule is Cl.O=C(NC1CCN([C@H](Cc2ccc(Cl)cc2)C(=O)N2CCC(Cn3cncn3)(C3CCCCC3)CC2)CC1)c1ccccc1. The van der Waals surface area contributed by atoms with Crippen LogP contribution in [0.5, 0.6) is 0 Å². The fraction of sp³-hybridized carbons (Fsp3) is 0.543. The first-order valence-corrected chi connectivity index (χ1v) is 16.8. The standard InChI is InChI=1S/C35H45ClN6O2.ClH/c36-30-13-11-27(12-14-30)23-32(40-19-15-31(16-20-40)39-33(43)28-7-3-1-4-8-28)34(44)41-21-17-35(18-22-41,24-42-26-37-25-38-42)29-9-5-2-6-10-29;/h1,3-4,7-8,11-14,25-26,29,31-32H,2,5-6,9-10,15-24H2,(H,39,43);1H/t32-;/m1./s1. The Labute approximate surface area is 278 Å². The molecule has 2 aromatic carbocycles. The Kier molecular flexibility index (Phi) is 11.6. The van der Waals surface area contributed by atoms with Gasteiger partial charge in [0.1, 0.15) is 12.7 Å². The third kappa shape index (κ3) is 8.27. The Morgan fingerprint density at radius 2 is 1.60 bits per heavy atom. The number of hydrogen-bond acceptors (Lipinski definition) is 5. The molecule has 1 aliphatic carbocycles. The van der Waals surface area contributed by atoms with Crippen LogP contribution in [0.1, 0.15) is 73.7 Å². The number of hydrogen-bond donors (Lipinski definition) is 1. The summed E-state index contributed by atoms with van der Waals surface area (Å²) >= 11 is 6.19. The molecule has 8 nitrogen and oxygen atoms in total. The molecule has 0 spiro atoms. The number of nitrogens with zero attached hydrogens (tertiary/aromatic N) is 5. The third-order valence-corrected chi connectivity index (χ3v) is 10.7. The molecule has 6 rings (SSSR count). The topological polar surface area (TPSA) is 83.4 Å². The van der Waals surface area contributed by atoms with Crippen molar-refractivity contribution in [2.45, 2.75) is 82.8 Å². The van der Waals surface area contributed by atoms with Crippen LogP contribution in [0.25, 0.3) is 0 Å². The second kappa shape index (κ2) is 15.6. The summed E-state index contributed by atoms with van der Waals surface area (Å²) in [5.41, 5.74) is 1.96. The van der Waals surface area contributed by atoms with Gasteiger partial charge in [-0.05, 0) is 86.1 Å². The van der Waals surface area contributed by atoms with Crippen LogP contribution >= 0.6 is 24.0 Å². The lowest BCUT2D eigenvalue weighted by atomic mass is 9.63. The van der Waals surface area contributed by atoms with Gasteiger partial charge in [0, 0.05) is 49.4 Å². The first kappa shape index (κ1) is 33.4. The number of piperidine rings is 2. The first-order chi connectivity index (χ1) is 21.5. The smallest absolute Gasteiger partial charge is 0.251 e. The number of amides is 2. The van der Waals surface area contributed by atoms with Crippen molar-refractivity contribution in [1.29, 1.82) is 0 Å². The van der Waals surface area contributed by atoms with E-state index in [2.05, 4.69) is 25.2 Å². The second-order valence-electron chi connectivity index (χ2n) is 13.1. The van der Waals surface area contributed by atoms with Gasteiger partial charge < -0.3 is 10.2 Å². The third-order valence-electron chi connectivity index (χ3n) is 10.5. The summed E-state index contributed by atoms with van der Waals surface area (Å²) in [7, 11) is 0. The lowest BCUT2D eigenvalue weighted by molar-refractivity contribution is -0.141. The van der Waals surface area contributed by atoms with E-state index in [0.717, 1.165) is 64.0 Å². The van der Waals surface area contributed by atoms with E-state index in [9.17, 15) is 9.59 Å². The number of nitrogens with one attached hydrogen (secondary N) is 1. The van der Waals surface area contributed by atoms with Crippen LogP contribution in [0.2, 0.25) is 5.02 Å². The Balaban J connectivity index is 0.00000400. The van der Waals surface area contributed by atoms with Gasteiger partial charge in [0.25, 0.3) is 5.91 Å². The fourth-order valence-corrected chi connectivity index (χ4v) is 7.99. The molecule has 242 valence electrons. The molecule has 45 heavy (non-hydrogen) atoms. The van der Waals surface area contributed by atoms with Crippen molar-refractivity contribution in [3.05, 3.63) is 83.4 Å². The molecule has 1 atom stereocenters. The van der Waals surface area contributed by atoms with Gasteiger partial charge in [-0.3, -0.25) is 19.2 Å². The maximum atomic E-state index is 14.4. The zero-order valence-corrected chi connectivity index (χ0v) is 27.6. The highest BCUT2D eigenvalue weighted by Gasteiger charge is 2.44. The van der Waals surface area contributed by atoms with Gasteiger partial charge in [-0.25, -0.2) is 4.98 Å². The van der Waals surface area contributed by atoms with Crippen LogP contribution < -0.4 is 5.32 Å². The molecule has 2 amide bonds. The molecule has 3 fully saturated rings. The summed E-state index contributed by atoms with van der Waals surface area (Å²) < 4.78 is 2.01. The van der Waals surface area contributed by atoms with Gasteiger partial charge in [0.05, 0.1) is 6.04 Å². The average molecular weight is 654 g/mol. The van der Waals surface area contributed by atoms with Crippen molar-refractivity contribution in [3.63, 3.8) is 0 Å². The van der Waals surface area contributed by atoms with Gasteiger partial charge in [-0.1, -0.05) is 61.2 Å². The summed E-state index contributed by atoms with van der Waals surface area (Å²) in [6.07, 6.45) is 14.3. The Hall–Kier alpha value is -2.94. The lowest BCUT2D eigenvalue weighted by Crippen LogP contribution is -2.57. The molecule has 10 heteroatoms. The zero-order chi connectivity index (χ0) is 30.4. The van der Waals surface area contributed by atoms with Crippen molar-refractivity contribution in [3.8, 4) is 0 Å². The minimum absolute atomic E-state index is 0. The molecule has 2 saturated heterocycles. The molecule has 3 heterocycles. The molecule has 0 radical (unpaired) electrons. The van der Waals surface area contributed by atoms with Gasteiger partial charge in [0.15, 0.2) is 0 Å². The minimum atomic E-state index is -0.237. The first-order valence-electron chi connectivity index (χ1n) is 16.4. The van der Waals surface area contributed by atoms with Crippen LogP contribution in [0.15, 0.2) is 67.3 Å². The summed E-state index contributed by atoms with van der Waals surface area (Å²) in [6, 6.07) is 17.2. The van der Waals surface area contributed by atoms with Gasteiger partial charge in [-0.2, -0.15) is 5.10 Å². The van der Waals surface area contributed by atoms with Crippen molar-refractivity contribution in [2.24, 2.45) is 11.3 Å². The Bertz CT molecular complexity index is 1350. The summed E-state index contributed by atoms with van der Waals surface area (Å²) in [4.78, 5) is 35.8. The predicted molar refractivity (Wildman–Crippen MR) is 180 cm³/mol. The second-order valence-corrected chi connectivity index (χ2v) is 13.5. The van der Waals surface area contributed by atoms with Gasteiger partial charge in [0.2, 0.25) is 5.91 Å². The van der Waals surface area contributed by atoms with Crippen molar-refractivity contribution in [2.75, 3.05) is 26.2 Å². The number of benzene rings is 2. The zero-order valence-electron chi connectivity index (χ0n) is 26.0. The van der Waals surface area contributed by atoms with Crippen LogP contribution in [0.4, 0.5) is 0 Å². The van der Waals surface area contributed by atoms with E-state index >= 15 is 0 Å². The molecule has 0 unspecified atom stereocenters. The quantitative estimate of drug-likeness (QED) is 0.304. The summed E-state index contributed by atoms with van der Waals surface area (Å²) in [6.45, 7) is 4.00. The highest BCUT2D eigenvalue weighted by Crippen LogP contribution is 2.47. The summed E-state index contributed by atoms with van der Waals surface area (Å²) in [5.74, 6) is 0.871. The van der Waals surface area contributed by atoms with E-state index in [0.29, 0.717) is 22.9 Å². The molecule has 1 saturated carbocycles.